The number of anilines is 1. The maximum absolute atomic E-state index is 16.0. The van der Waals surface area contributed by atoms with Crippen LogP contribution in [-0.4, -0.2) is 61.9 Å². The minimum atomic E-state index is -1.16. The number of nitrogens with zero attached hydrogens (tertiary/aromatic N) is 5. The second kappa shape index (κ2) is 10.4. The van der Waals surface area contributed by atoms with E-state index in [0.29, 0.717) is 42.8 Å². The molecule has 0 bridgehead atoms. The van der Waals surface area contributed by atoms with Crippen molar-refractivity contribution in [2.75, 3.05) is 24.5 Å². The molecule has 41 heavy (non-hydrogen) atoms. The summed E-state index contributed by atoms with van der Waals surface area (Å²) in [7, 11) is 1.91. The molecule has 4 heterocycles. The molecule has 2 saturated heterocycles. The van der Waals surface area contributed by atoms with Crippen LogP contribution in [0.5, 0.6) is 0 Å². The third-order valence-electron chi connectivity index (χ3n) is 8.27. The molecular weight excluding hydrogens is 523 g/mol. The molecule has 212 valence electrons. The fourth-order valence-corrected chi connectivity index (χ4v) is 6.22. The minimum Gasteiger partial charge on any atom is -0.388 e. The molecule has 0 aliphatic carbocycles. The van der Waals surface area contributed by atoms with E-state index in [4.69, 9.17) is 0 Å². The summed E-state index contributed by atoms with van der Waals surface area (Å²) in [6, 6.07) is 12.9. The molecule has 2 aromatic heterocycles. The summed E-state index contributed by atoms with van der Waals surface area (Å²) in [5, 5.41) is 18.5. The number of urea groups is 1. The molecule has 0 saturated carbocycles. The molecule has 3 amide bonds. The number of aryl methyl sites for hydroxylation is 2. The van der Waals surface area contributed by atoms with Crippen molar-refractivity contribution >= 4 is 28.5 Å². The molecule has 2 unspecified atom stereocenters. The van der Waals surface area contributed by atoms with E-state index in [0.717, 1.165) is 22.4 Å². The van der Waals surface area contributed by atoms with Crippen molar-refractivity contribution in [3.05, 3.63) is 77.5 Å². The maximum Gasteiger partial charge on any atom is 0.328 e. The zero-order valence-electron chi connectivity index (χ0n) is 23.4. The lowest BCUT2D eigenvalue weighted by atomic mass is 9.77. The number of nitrogens with one attached hydrogen (secondary N) is 1. The second-order valence-corrected chi connectivity index (χ2v) is 11.4. The Morgan fingerprint density at radius 2 is 1.93 bits per heavy atom. The number of β-amino-alcohol motifs (C(OH)–C–C–N with tert-alkyl or cyclic N) is 1. The normalized spacial score (nSPS) is 21.9. The average molecular weight is 557 g/mol. The Kier molecular flexibility index (Phi) is 6.83. The monoisotopic (exact) mass is 556 g/mol. The van der Waals surface area contributed by atoms with Gasteiger partial charge in [0.25, 0.3) is 0 Å². The van der Waals surface area contributed by atoms with Crippen molar-refractivity contribution in [2.24, 2.45) is 7.05 Å². The SMILES string of the molecule is Cc1nn(C)cc1-c1ccc(CN2CCC(c3ccc4ncc(N5CCC(=O)NC5=O)cc4c3F)C(C)(O)C2)cc1. The van der Waals surface area contributed by atoms with Crippen LogP contribution >= 0.6 is 0 Å². The van der Waals surface area contributed by atoms with Crippen LogP contribution in [0.1, 0.15) is 42.5 Å². The van der Waals surface area contributed by atoms with Gasteiger partial charge in [-0.05, 0) is 55.6 Å². The van der Waals surface area contributed by atoms with Crippen molar-refractivity contribution in [1.82, 2.24) is 25.0 Å². The van der Waals surface area contributed by atoms with E-state index < -0.39 is 23.4 Å². The summed E-state index contributed by atoms with van der Waals surface area (Å²) in [4.78, 5) is 31.8. The third-order valence-corrected chi connectivity index (χ3v) is 8.27. The number of amides is 3. The molecule has 2 aromatic carbocycles. The first-order valence-corrected chi connectivity index (χ1v) is 13.8. The molecule has 2 aliphatic rings. The molecule has 6 rings (SSSR count). The Morgan fingerprint density at radius 1 is 1.15 bits per heavy atom. The highest BCUT2D eigenvalue weighted by Crippen LogP contribution is 2.39. The molecular formula is C31H33FN6O3. The van der Waals surface area contributed by atoms with Crippen LogP contribution in [0.25, 0.3) is 22.0 Å². The van der Waals surface area contributed by atoms with E-state index in [9.17, 15) is 14.7 Å². The van der Waals surface area contributed by atoms with Gasteiger partial charge in [-0.15, -0.1) is 0 Å². The molecule has 4 aromatic rings. The smallest absolute Gasteiger partial charge is 0.328 e. The number of benzene rings is 2. The summed E-state index contributed by atoms with van der Waals surface area (Å²) in [5.74, 6) is -1.18. The molecule has 2 atom stereocenters. The number of likely N-dealkylation sites (tertiary alicyclic amines) is 1. The van der Waals surface area contributed by atoms with E-state index in [1.165, 1.54) is 11.1 Å². The number of carbonyl (C=O) groups is 2. The van der Waals surface area contributed by atoms with Gasteiger partial charge in [-0.1, -0.05) is 30.3 Å². The van der Waals surface area contributed by atoms with Crippen molar-refractivity contribution in [3.63, 3.8) is 0 Å². The summed E-state index contributed by atoms with van der Waals surface area (Å²) >= 11 is 0. The third kappa shape index (κ3) is 5.20. The Balaban J connectivity index is 1.19. The van der Waals surface area contributed by atoms with Crippen molar-refractivity contribution in [3.8, 4) is 11.1 Å². The van der Waals surface area contributed by atoms with Gasteiger partial charge in [0.1, 0.15) is 5.82 Å². The number of hydrogen-bond acceptors (Lipinski definition) is 6. The molecule has 9 nitrogen and oxygen atoms in total. The van der Waals surface area contributed by atoms with E-state index in [1.807, 2.05) is 24.9 Å². The summed E-state index contributed by atoms with van der Waals surface area (Å²) in [6.07, 6.45) is 4.28. The van der Waals surface area contributed by atoms with E-state index in [-0.39, 0.29) is 24.3 Å². The number of carbonyl (C=O) groups excluding carboxylic acids is 2. The number of piperidine rings is 1. The highest BCUT2D eigenvalue weighted by atomic mass is 19.1. The van der Waals surface area contributed by atoms with Crippen LogP contribution < -0.4 is 10.2 Å². The first-order valence-electron chi connectivity index (χ1n) is 13.8. The Bertz CT molecular complexity index is 1650. The lowest BCUT2D eigenvalue weighted by Gasteiger charge is -2.43. The molecule has 0 spiro atoms. The van der Waals surface area contributed by atoms with Crippen LogP contribution in [0.3, 0.4) is 0 Å². The standard InChI is InChI=1S/C31H33FN6O3/c1-19-25(17-36(3)35-19)21-6-4-20(5-7-21)16-37-12-10-26(31(2,41)18-37)23-8-9-27-24(29(23)32)14-22(15-33-27)38-13-11-28(39)34-30(38)40/h4-9,14-15,17,26,41H,10-13,16,18H2,1-3H3,(H,34,39,40). The first kappa shape index (κ1) is 27.0. The molecule has 2 fully saturated rings. The van der Waals surface area contributed by atoms with Crippen LogP contribution in [0.2, 0.25) is 0 Å². The maximum atomic E-state index is 16.0. The van der Waals surface area contributed by atoms with E-state index in [2.05, 4.69) is 44.6 Å². The Labute approximate surface area is 237 Å². The summed E-state index contributed by atoms with van der Waals surface area (Å²) in [5.41, 5.74) is 4.52. The first-order chi connectivity index (χ1) is 19.6. The Morgan fingerprint density at radius 3 is 2.61 bits per heavy atom. The zero-order chi connectivity index (χ0) is 28.9. The quantitative estimate of drug-likeness (QED) is 0.381. The molecule has 0 radical (unpaired) electrons. The average Bonchev–Trinajstić information content (AvgIpc) is 3.27. The number of rotatable bonds is 5. The highest BCUT2D eigenvalue weighted by Gasteiger charge is 2.40. The zero-order valence-corrected chi connectivity index (χ0v) is 23.4. The van der Waals surface area contributed by atoms with Gasteiger partial charge in [0.2, 0.25) is 5.91 Å². The number of hydrogen-bond donors (Lipinski definition) is 2. The topological polar surface area (TPSA) is 104 Å². The summed E-state index contributed by atoms with van der Waals surface area (Å²) in [6.45, 7) is 5.77. The second-order valence-electron chi connectivity index (χ2n) is 11.4. The van der Waals surface area contributed by atoms with Crippen LogP contribution in [0.4, 0.5) is 14.9 Å². The summed E-state index contributed by atoms with van der Waals surface area (Å²) < 4.78 is 17.8. The van der Waals surface area contributed by atoms with Crippen LogP contribution in [-0.2, 0) is 18.4 Å². The van der Waals surface area contributed by atoms with Gasteiger partial charge >= 0.3 is 6.03 Å². The number of imide groups is 1. The lowest BCUT2D eigenvalue weighted by Crippen LogP contribution is -2.50. The largest absolute Gasteiger partial charge is 0.388 e. The molecule has 2 aliphatic heterocycles. The fraction of sp³-hybridized carbons (Fsp3) is 0.355. The lowest BCUT2D eigenvalue weighted by molar-refractivity contribution is -0.120. The van der Waals surface area contributed by atoms with Gasteiger partial charge in [0, 0.05) is 56.2 Å². The van der Waals surface area contributed by atoms with E-state index in [1.54, 1.807) is 25.1 Å². The van der Waals surface area contributed by atoms with Crippen LogP contribution in [0.15, 0.2) is 54.9 Å². The van der Waals surface area contributed by atoms with Crippen molar-refractivity contribution < 1.29 is 19.1 Å². The highest BCUT2D eigenvalue weighted by molar-refractivity contribution is 6.06. The van der Waals surface area contributed by atoms with Gasteiger partial charge in [0.15, 0.2) is 0 Å². The van der Waals surface area contributed by atoms with Gasteiger partial charge in [-0.2, -0.15) is 5.10 Å². The predicted molar refractivity (Wildman–Crippen MR) is 154 cm³/mol. The van der Waals surface area contributed by atoms with Crippen LogP contribution in [0, 0.1) is 12.7 Å². The minimum absolute atomic E-state index is 0.169. The molecule has 10 heteroatoms. The van der Waals surface area contributed by atoms with Gasteiger partial charge in [-0.25, -0.2) is 9.18 Å². The number of aliphatic hydroxyl groups is 1. The number of fused-ring (bicyclic) bond motifs is 1. The Hall–Kier alpha value is -4.15. The fourth-order valence-electron chi connectivity index (χ4n) is 6.22. The van der Waals surface area contributed by atoms with E-state index >= 15 is 4.39 Å². The van der Waals surface area contributed by atoms with Gasteiger partial charge in [0.05, 0.1) is 28.7 Å². The molecule has 2 N–H and O–H groups in total. The van der Waals surface area contributed by atoms with Gasteiger partial charge < -0.3 is 5.11 Å². The van der Waals surface area contributed by atoms with Crippen molar-refractivity contribution in [1.29, 1.82) is 0 Å². The number of pyridine rings is 1. The van der Waals surface area contributed by atoms with Crippen molar-refractivity contribution in [2.45, 2.75) is 44.8 Å². The van der Waals surface area contributed by atoms with Gasteiger partial charge in [-0.3, -0.25) is 29.6 Å². The number of aromatic nitrogens is 3. The number of halogens is 1. The predicted octanol–water partition coefficient (Wildman–Crippen LogP) is 4.27.